The van der Waals surface area contributed by atoms with Gasteiger partial charge >= 0.3 is 0 Å². The number of aromatic amines is 1. The highest BCUT2D eigenvalue weighted by Crippen LogP contribution is 2.15. The van der Waals surface area contributed by atoms with Gasteiger partial charge in [-0.3, -0.25) is 0 Å². The predicted octanol–water partition coefficient (Wildman–Crippen LogP) is 4.20. The molecule has 0 bridgehead atoms. The normalized spacial score (nSPS) is 11.2. The molecule has 2 aromatic heterocycles. The molecule has 0 aliphatic carbocycles. The van der Waals surface area contributed by atoms with Crippen LogP contribution >= 0.6 is 12.2 Å². The smallest absolute Gasteiger partial charge is 0.271 e. The molecule has 4 aromatic rings. The molecule has 0 amide bonds. The average Bonchev–Trinajstić information content (AvgIpc) is 3.26. The third-order valence-electron chi connectivity index (χ3n) is 4.26. The van der Waals surface area contributed by atoms with Gasteiger partial charge in [0.15, 0.2) is 0 Å². The van der Waals surface area contributed by atoms with E-state index in [0.29, 0.717) is 17.3 Å². The summed E-state index contributed by atoms with van der Waals surface area (Å²) in [5, 5.41) is 16.0. The lowest BCUT2D eigenvalue weighted by Gasteiger charge is -2.07. The molecule has 4 rings (SSSR count). The number of aromatic nitrogens is 5. The monoisotopic (exact) mass is 404 g/mol. The Kier molecular flexibility index (Phi) is 5.35. The summed E-state index contributed by atoms with van der Waals surface area (Å²) in [6.07, 6.45) is 1.72. The zero-order valence-electron chi connectivity index (χ0n) is 16.1. The van der Waals surface area contributed by atoms with Crippen LogP contribution in [0.3, 0.4) is 0 Å². The van der Waals surface area contributed by atoms with Crippen LogP contribution < -0.4 is 4.74 Å². The first-order valence-corrected chi connectivity index (χ1v) is 9.53. The van der Waals surface area contributed by atoms with Crippen molar-refractivity contribution in [3.63, 3.8) is 0 Å². The number of H-pyrrole nitrogens is 1. The minimum atomic E-state index is 0.389. The largest absolute Gasteiger partial charge is 0.489 e. The van der Waals surface area contributed by atoms with Gasteiger partial charge in [0.25, 0.3) is 5.95 Å². The Hall–Kier alpha value is -3.52. The maximum Gasteiger partial charge on any atom is 0.271 e. The van der Waals surface area contributed by atoms with Crippen LogP contribution in [0, 0.1) is 18.6 Å². The molecule has 0 spiro atoms. The second-order valence-corrected chi connectivity index (χ2v) is 6.96. The van der Waals surface area contributed by atoms with Crippen molar-refractivity contribution in [2.75, 3.05) is 0 Å². The minimum absolute atomic E-state index is 0.389. The summed E-state index contributed by atoms with van der Waals surface area (Å²) in [7, 11) is 0. The van der Waals surface area contributed by atoms with Crippen molar-refractivity contribution >= 4 is 18.4 Å². The average molecular weight is 404 g/mol. The molecular weight excluding hydrogens is 384 g/mol. The Morgan fingerprint density at radius 1 is 1.10 bits per heavy atom. The molecule has 2 aromatic carbocycles. The zero-order valence-corrected chi connectivity index (χ0v) is 16.9. The van der Waals surface area contributed by atoms with Crippen molar-refractivity contribution in [2.45, 2.75) is 20.5 Å². The lowest BCUT2D eigenvalue weighted by molar-refractivity contribution is 0.306. The molecule has 8 heteroatoms. The highest BCUT2D eigenvalue weighted by Gasteiger charge is 2.11. The maximum absolute atomic E-state index is 5.88. The van der Waals surface area contributed by atoms with Gasteiger partial charge in [-0.25, -0.2) is 9.78 Å². The third kappa shape index (κ3) is 4.33. The van der Waals surface area contributed by atoms with E-state index in [1.165, 1.54) is 0 Å². The summed E-state index contributed by atoms with van der Waals surface area (Å²) in [6, 6.07) is 19.8. The summed E-state index contributed by atoms with van der Waals surface area (Å²) >= 11 is 5.33. The first kappa shape index (κ1) is 18.8. The van der Waals surface area contributed by atoms with Crippen molar-refractivity contribution < 1.29 is 4.74 Å². The van der Waals surface area contributed by atoms with Crippen LogP contribution in [0.5, 0.6) is 5.75 Å². The Bertz CT molecular complexity index is 1210. The third-order valence-corrected chi connectivity index (χ3v) is 4.53. The second kappa shape index (κ2) is 8.24. The molecule has 0 aliphatic rings. The molecule has 0 radical (unpaired) electrons. The summed E-state index contributed by atoms with van der Waals surface area (Å²) in [5.41, 5.74) is 3.85. The van der Waals surface area contributed by atoms with Crippen LogP contribution in [0.15, 0.2) is 65.8 Å². The zero-order chi connectivity index (χ0) is 20.2. The van der Waals surface area contributed by atoms with E-state index in [-0.39, 0.29) is 0 Å². The molecule has 7 nitrogen and oxygen atoms in total. The summed E-state index contributed by atoms with van der Waals surface area (Å²) in [5.74, 6) is 1.28. The summed E-state index contributed by atoms with van der Waals surface area (Å²) < 4.78 is 9.53. The van der Waals surface area contributed by atoms with Crippen LogP contribution in [-0.2, 0) is 6.61 Å². The highest BCUT2D eigenvalue weighted by molar-refractivity contribution is 7.71. The molecule has 29 heavy (non-hydrogen) atoms. The fourth-order valence-electron chi connectivity index (χ4n) is 2.91. The molecule has 2 heterocycles. The number of ether oxygens (including phenoxy) is 1. The van der Waals surface area contributed by atoms with Crippen molar-refractivity contribution in [2.24, 2.45) is 5.10 Å². The molecular formula is C21H20N6OS. The van der Waals surface area contributed by atoms with Gasteiger partial charge in [0, 0.05) is 5.69 Å². The molecule has 0 atom stereocenters. The topological polar surface area (TPSA) is 73.0 Å². The Balaban J connectivity index is 1.55. The van der Waals surface area contributed by atoms with Gasteiger partial charge in [0.2, 0.25) is 4.77 Å². The molecule has 0 unspecified atom stereocenters. The Labute approximate surface area is 173 Å². The lowest BCUT2D eigenvalue weighted by Crippen LogP contribution is -2.07. The van der Waals surface area contributed by atoms with Crippen LogP contribution in [0.2, 0.25) is 0 Å². The van der Waals surface area contributed by atoms with E-state index in [9.17, 15) is 0 Å². The lowest BCUT2D eigenvalue weighted by atomic mass is 10.2. The van der Waals surface area contributed by atoms with E-state index in [1.54, 1.807) is 15.6 Å². The van der Waals surface area contributed by atoms with Gasteiger partial charge < -0.3 is 4.74 Å². The van der Waals surface area contributed by atoms with E-state index in [1.807, 2.05) is 74.5 Å². The van der Waals surface area contributed by atoms with Gasteiger partial charge in [-0.2, -0.15) is 14.9 Å². The van der Waals surface area contributed by atoms with E-state index in [0.717, 1.165) is 28.3 Å². The van der Waals surface area contributed by atoms with E-state index in [2.05, 4.69) is 20.4 Å². The number of nitrogens with zero attached hydrogens (tertiary/aromatic N) is 5. The van der Waals surface area contributed by atoms with Gasteiger partial charge in [-0.15, -0.1) is 5.10 Å². The Morgan fingerprint density at radius 3 is 2.69 bits per heavy atom. The van der Waals surface area contributed by atoms with Crippen molar-refractivity contribution in [1.82, 2.24) is 24.7 Å². The number of rotatable bonds is 6. The minimum Gasteiger partial charge on any atom is -0.489 e. The molecule has 146 valence electrons. The first-order chi connectivity index (χ1) is 14.1. The summed E-state index contributed by atoms with van der Waals surface area (Å²) in [6.45, 7) is 4.40. The number of nitrogens with one attached hydrogen (secondary N) is 1. The van der Waals surface area contributed by atoms with Crippen LogP contribution in [-0.4, -0.2) is 30.9 Å². The van der Waals surface area contributed by atoms with E-state index < -0.39 is 0 Å². The van der Waals surface area contributed by atoms with Crippen LogP contribution in [0.4, 0.5) is 0 Å². The number of aryl methyl sites for hydroxylation is 2. The van der Waals surface area contributed by atoms with Gasteiger partial charge in [-0.1, -0.05) is 42.5 Å². The van der Waals surface area contributed by atoms with Gasteiger partial charge in [0.05, 0.1) is 11.9 Å². The maximum atomic E-state index is 5.88. The van der Waals surface area contributed by atoms with E-state index in [4.69, 9.17) is 17.0 Å². The van der Waals surface area contributed by atoms with Gasteiger partial charge in [0.1, 0.15) is 12.4 Å². The summed E-state index contributed by atoms with van der Waals surface area (Å²) in [4.78, 5) is 0. The second-order valence-electron chi connectivity index (χ2n) is 6.57. The highest BCUT2D eigenvalue weighted by atomic mass is 32.1. The van der Waals surface area contributed by atoms with Crippen molar-refractivity contribution in [3.8, 4) is 11.7 Å². The fraction of sp³-hybridized carbons (Fsp3) is 0.143. The van der Waals surface area contributed by atoms with Crippen molar-refractivity contribution in [1.29, 1.82) is 0 Å². The SMILES string of the molecule is Cc1cc(C)n(-c2n[nH]c(=S)n2/N=C\c2cccc(OCc3ccccc3)c2)n1. The van der Waals surface area contributed by atoms with Gasteiger partial charge in [-0.05, 0) is 55.4 Å². The Morgan fingerprint density at radius 2 is 1.93 bits per heavy atom. The standard InChI is InChI=1S/C21H20N6OS/c1-15-11-16(2)26(25-15)20-23-24-21(29)27(20)22-13-18-9-6-10-19(12-18)28-14-17-7-4-3-5-8-17/h3-13H,14H2,1-2H3,(H,24,29)/b22-13-. The molecule has 0 aliphatic heterocycles. The number of hydrogen-bond donors (Lipinski definition) is 1. The van der Waals surface area contributed by atoms with Crippen LogP contribution in [0.1, 0.15) is 22.5 Å². The van der Waals surface area contributed by atoms with Crippen molar-refractivity contribution in [3.05, 3.63) is 87.9 Å². The quantitative estimate of drug-likeness (QED) is 0.386. The van der Waals surface area contributed by atoms with Crippen LogP contribution in [0.25, 0.3) is 5.95 Å². The molecule has 0 fully saturated rings. The van der Waals surface area contributed by atoms with E-state index >= 15 is 0 Å². The molecule has 1 N–H and O–H groups in total. The first-order valence-electron chi connectivity index (χ1n) is 9.12. The fourth-order valence-corrected chi connectivity index (χ4v) is 3.08. The molecule has 0 saturated carbocycles. The predicted molar refractivity (Wildman–Crippen MR) is 114 cm³/mol. The number of hydrogen-bond acceptors (Lipinski definition) is 5. The number of benzene rings is 2. The molecule has 0 saturated heterocycles.